The van der Waals surface area contributed by atoms with E-state index in [0.717, 1.165) is 32.7 Å². The lowest BCUT2D eigenvalue weighted by Gasteiger charge is -2.42. The number of ether oxygens (including phenoxy) is 1. The summed E-state index contributed by atoms with van der Waals surface area (Å²) >= 11 is 0. The molecule has 1 aromatic rings. The van der Waals surface area contributed by atoms with E-state index in [2.05, 4.69) is 36.6 Å². The second-order valence-electron chi connectivity index (χ2n) is 6.46. The molecule has 0 radical (unpaired) electrons. The highest BCUT2D eigenvalue weighted by Crippen LogP contribution is 2.17. The number of benzene rings is 1. The summed E-state index contributed by atoms with van der Waals surface area (Å²) in [5.41, 5.74) is 0.865. The van der Waals surface area contributed by atoms with Crippen molar-refractivity contribution in [1.82, 2.24) is 9.80 Å². The van der Waals surface area contributed by atoms with Crippen LogP contribution in [0.25, 0.3) is 0 Å². The zero-order chi connectivity index (χ0) is 15.3. The van der Waals surface area contributed by atoms with Crippen LogP contribution in [0.3, 0.4) is 0 Å². The van der Waals surface area contributed by atoms with Crippen molar-refractivity contribution >= 4 is 0 Å². The fraction of sp³-hybridized carbons (Fsp3) is 0.588. The highest BCUT2D eigenvalue weighted by Gasteiger charge is 2.25. The Morgan fingerprint density at radius 1 is 1.14 bits per heavy atom. The molecule has 1 fully saturated rings. The summed E-state index contributed by atoms with van der Waals surface area (Å²) < 4.78 is 5.75. The zero-order valence-corrected chi connectivity index (χ0v) is 13.3. The Bertz CT molecular complexity index is 493. The maximum atomic E-state index is 9.03. The Labute approximate surface area is 127 Å². The van der Waals surface area contributed by atoms with E-state index < -0.39 is 0 Å². The van der Waals surface area contributed by atoms with Crippen molar-refractivity contribution < 1.29 is 4.74 Å². The lowest BCUT2D eigenvalue weighted by atomic mass is 10.1. The van der Waals surface area contributed by atoms with Crippen LogP contribution in [0, 0.1) is 11.3 Å². The summed E-state index contributed by atoms with van der Waals surface area (Å²) in [5, 5.41) is 9.03. The van der Waals surface area contributed by atoms with Crippen molar-refractivity contribution in [3.63, 3.8) is 0 Å². The molecule has 1 heterocycles. The topological polar surface area (TPSA) is 39.5 Å². The van der Waals surface area contributed by atoms with Gasteiger partial charge in [-0.15, -0.1) is 0 Å². The fourth-order valence-electron chi connectivity index (χ4n) is 2.61. The van der Waals surface area contributed by atoms with Gasteiger partial charge in [0.05, 0.1) is 5.56 Å². The van der Waals surface area contributed by atoms with E-state index in [9.17, 15) is 0 Å². The van der Waals surface area contributed by atoms with Gasteiger partial charge in [0, 0.05) is 38.3 Å². The normalized spacial score (nSPS) is 17.4. The number of piperazine rings is 1. The molecular weight excluding hydrogens is 262 g/mol. The van der Waals surface area contributed by atoms with Crippen LogP contribution in [-0.4, -0.2) is 54.7 Å². The lowest BCUT2D eigenvalue weighted by molar-refractivity contribution is 0.0564. The molecule has 21 heavy (non-hydrogen) atoms. The largest absolute Gasteiger partial charge is 0.491 e. The summed E-state index contributed by atoms with van der Waals surface area (Å²) in [4.78, 5) is 4.95. The molecule has 4 heteroatoms. The predicted octanol–water partition coefficient (Wildman–Crippen LogP) is 2.35. The third kappa shape index (κ3) is 4.45. The van der Waals surface area contributed by atoms with E-state index in [4.69, 9.17) is 10.00 Å². The summed E-state index contributed by atoms with van der Waals surface area (Å²) in [6.07, 6.45) is 0. The van der Waals surface area contributed by atoms with Gasteiger partial charge < -0.3 is 4.74 Å². The maximum Gasteiger partial charge on any atom is 0.137 e. The second-order valence-corrected chi connectivity index (χ2v) is 6.46. The standard InChI is InChI=1S/C17H25N3O/c1-17(2,3)20-10-8-19(9-11-20)12-13-21-16-7-5-4-6-15(16)14-18/h4-7H,8-13H2,1-3H3. The molecule has 0 spiro atoms. The van der Waals surface area contributed by atoms with Crippen LogP contribution < -0.4 is 4.74 Å². The van der Waals surface area contributed by atoms with Gasteiger partial charge in [0.25, 0.3) is 0 Å². The van der Waals surface area contributed by atoms with Crippen molar-refractivity contribution in [2.45, 2.75) is 26.3 Å². The SMILES string of the molecule is CC(C)(C)N1CCN(CCOc2ccccc2C#N)CC1. The third-order valence-electron chi connectivity index (χ3n) is 3.99. The Hall–Kier alpha value is -1.57. The van der Waals surface area contributed by atoms with Crippen molar-refractivity contribution in [3.8, 4) is 11.8 Å². The molecule has 0 atom stereocenters. The van der Waals surface area contributed by atoms with Gasteiger partial charge in [0.2, 0.25) is 0 Å². The Morgan fingerprint density at radius 3 is 2.43 bits per heavy atom. The second kappa shape index (κ2) is 6.93. The van der Waals surface area contributed by atoms with Gasteiger partial charge in [-0.2, -0.15) is 5.26 Å². The van der Waals surface area contributed by atoms with Gasteiger partial charge in [0.15, 0.2) is 0 Å². The molecule has 1 aromatic carbocycles. The first kappa shape index (κ1) is 15.8. The van der Waals surface area contributed by atoms with E-state index in [1.54, 1.807) is 6.07 Å². The first-order valence-electron chi connectivity index (χ1n) is 7.60. The molecule has 1 aliphatic heterocycles. The average Bonchev–Trinajstić information content (AvgIpc) is 2.47. The molecule has 0 saturated carbocycles. The molecule has 0 aliphatic carbocycles. The fourth-order valence-corrected chi connectivity index (χ4v) is 2.61. The van der Waals surface area contributed by atoms with Crippen LogP contribution in [0.1, 0.15) is 26.3 Å². The van der Waals surface area contributed by atoms with E-state index in [0.29, 0.717) is 17.9 Å². The Balaban J connectivity index is 1.75. The predicted molar refractivity (Wildman–Crippen MR) is 84.4 cm³/mol. The summed E-state index contributed by atoms with van der Waals surface area (Å²) in [5.74, 6) is 0.688. The lowest BCUT2D eigenvalue weighted by Crippen LogP contribution is -2.53. The average molecular weight is 287 g/mol. The number of para-hydroxylation sites is 1. The number of nitrogens with zero attached hydrogens (tertiary/aromatic N) is 3. The molecule has 1 saturated heterocycles. The van der Waals surface area contributed by atoms with Crippen molar-refractivity contribution in [1.29, 1.82) is 5.26 Å². The van der Waals surface area contributed by atoms with Crippen LogP contribution in [-0.2, 0) is 0 Å². The highest BCUT2D eigenvalue weighted by molar-refractivity contribution is 5.42. The minimum atomic E-state index is 0.258. The number of rotatable bonds is 4. The third-order valence-corrected chi connectivity index (χ3v) is 3.99. The minimum Gasteiger partial charge on any atom is -0.491 e. The molecule has 4 nitrogen and oxygen atoms in total. The maximum absolute atomic E-state index is 9.03. The van der Waals surface area contributed by atoms with Crippen LogP contribution in [0.5, 0.6) is 5.75 Å². The summed E-state index contributed by atoms with van der Waals surface area (Å²) in [7, 11) is 0. The van der Waals surface area contributed by atoms with Gasteiger partial charge >= 0.3 is 0 Å². The van der Waals surface area contributed by atoms with Gasteiger partial charge in [-0.1, -0.05) is 12.1 Å². The number of hydrogen-bond donors (Lipinski definition) is 0. The molecule has 2 rings (SSSR count). The molecule has 114 valence electrons. The van der Waals surface area contributed by atoms with Gasteiger partial charge in [-0.05, 0) is 32.9 Å². The number of nitriles is 1. The van der Waals surface area contributed by atoms with Crippen molar-refractivity contribution in [2.75, 3.05) is 39.3 Å². The van der Waals surface area contributed by atoms with Crippen LogP contribution in [0.15, 0.2) is 24.3 Å². The van der Waals surface area contributed by atoms with Crippen molar-refractivity contribution in [2.24, 2.45) is 0 Å². The summed E-state index contributed by atoms with van der Waals surface area (Å²) in [6.45, 7) is 12.7. The molecule has 0 N–H and O–H groups in total. The van der Waals surface area contributed by atoms with Crippen LogP contribution in [0.2, 0.25) is 0 Å². The van der Waals surface area contributed by atoms with Gasteiger partial charge in [0.1, 0.15) is 18.4 Å². The van der Waals surface area contributed by atoms with Crippen LogP contribution >= 0.6 is 0 Å². The molecular formula is C17H25N3O. The van der Waals surface area contributed by atoms with E-state index in [1.807, 2.05) is 18.2 Å². The molecule has 1 aliphatic rings. The monoisotopic (exact) mass is 287 g/mol. The van der Waals surface area contributed by atoms with Crippen molar-refractivity contribution in [3.05, 3.63) is 29.8 Å². The first-order chi connectivity index (χ1) is 10.0. The minimum absolute atomic E-state index is 0.258. The molecule has 0 unspecified atom stereocenters. The van der Waals surface area contributed by atoms with Crippen LogP contribution in [0.4, 0.5) is 0 Å². The van der Waals surface area contributed by atoms with E-state index >= 15 is 0 Å². The summed E-state index contributed by atoms with van der Waals surface area (Å²) in [6, 6.07) is 9.57. The quantitative estimate of drug-likeness (QED) is 0.852. The number of hydrogen-bond acceptors (Lipinski definition) is 4. The molecule has 0 bridgehead atoms. The van der Waals surface area contributed by atoms with E-state index in [-0.39, 0.29) is 5.54 Å². The highest BCUT2D eigenvalue weighted by atomic mass is 16.5. The smallest absolute Gasteiger partial charge is 0.137 e. The van der Waals surface area contributed by atoms with Gasteiger partial charge in [-0.3, -0.25) is 9.80 Å². The Morgan fingerprint density at radius 2 is 1.81 bits per heavy atom. The van der Waals surface area contributed by atoms with E-state index in [1.165, 1.54) is 0 Å². The van der Waals surface area contributed by atoms with Gasteiger partial charge in [-0.25, -0.2) is 0 Å². The first-order valence-corrected chi connectivity index (χ1v) is 7.60. The Kier molecular flexibility index (Phi) is 5.22. The zero-order valence-electron chi connectivity index (χ0n) is 13.3. The molecule has 0 amide bonds. The molecule has 0 aromatic heterocycles.